The summed E-state index contributed by atoms with van der Waals surface area (Å²) in [6, 6.07) is 12.1. The fourth-order valence-corrected chi connectivity index (χ4v) is 2.89. The molecule has 7 heteroatoms. The zero-order chi connectivity index (χ0) is 15.5. The van der Waals surface area contributed by atoms with E-state index in [1.54, 1.807) is 0 Å². The first-order valence-corrected chi connectivity index (χ1v) is 7.28. The van der Waals surface area contributed by atoms with Gasteiger partial charge < -0.3 is 9.47 Å². The van der Waals surface area contributed by atoms with Gasteiger partial charge >= 0.3 is 0 Å². The number of ether oxygens (including phenoxy) is 2. The molecule has 1 heterocycles. The van der Waals surface area contributed by atoms with Crippen molar-refractivity contribution in [2.75, 3.05) is 7.11 Å². The average molecular weight is 316 g/mol. The summed E-state index contributed by atoms with van der Waals surface area (Å²) in [6.07, 6.45) is 0. The standard InChI is InChI=1S/C15H12N2O4S/c1-20-12-7-6-10(17(18)19)8-13(12)21-9-15-16-11-4-2-3-5-14(11)22-15/h2-8H,9H2,1H3. The highest BCUT2D eigenvalue weighted by atomic mass is 32.1. The van der Waals surface area contributed by atoms with E-state index in [9.17, 15) is 10.1 Å². The lowest BCUT2D eigenvalue weighted by molar-refractivity contribution is -0.385. The number of nitro benzene ring substituents is 1. The molecule has 0 spiro atoms. The highest BCUT2D eigenvalue weighted by Gasteiger charge is 2.13. The summed E-state index contributed by atoms with van der Waals surface area (Å²) in [5, 5.41) is 11.6. The van der Waals surface area contributed by atoms with Gasteiger partial charge in [0.1, 0.15) is 11.6 Å². The molecule has 0 aliphatic rings. The fourth-order valence-electron chi connectivity index (χ4n) is 2.01. The van der Waals surface area contributed by atoms with Crippen molar-refractivity contribution < 1.29 is 14.4 Å². The van der Waals surface area contributed by atoms with Gasteiger partial charge in [-0.15, -0.1) is 11.3 Å². The smallest absolute Gasteiger partial charge is 0.273 e. The molecule has 6 nitrogen and oxygen atoms in total. The molecule has 3 aromatic rings. The van der Waals surface area contributed by atoms with Crippen LogP contribution in [0.25, 0.3) is 10.2 Å². The fraction of sp³-hybridized carbons (Fsp3) is 0.133. The van der Waals surface area contributed by atoms with E-state index in [2.05, 4.69) is 4.98 Å². The quantitative estimate of drug-likeness (QED) is 0.529. The predicted molar refractivity (Wildman–Crippen MR) is 83.6 cm³/mol. The molecule has 112 valence electrons. The number of thiazole rings is 1. The summed E-state index contributed by atoms with van der Waals surface area (Å²) < 4.78 is 11.9. The Morgan fingerprint density at radius 2 is 2.05 bits per heavy atom. The Balaban J connectivity index is 1.83. The van der Waals surface area contributed by atoms with Gasteiger partial charge in [0.15, 0.2) is 11.5 Å². The Hall–Kier alpha value is -2.67. The summed E-state index contributed by atoms with van der Waals surface area (Å²) in [6.45, 7) is 0.233. The number of fused-ring (bicyclic) bond motifs is 1. The molecule has 1 aromatic heterocycles. The largest absolute Gasteiger partial charge is 0.493 e. The minimum atomic E-state index is -0.468. The molecule has 0 unspecified atom stereocenters. The zero-order valence-corrected chi connectivity index (χ0v) is 12.5. The van der Waals surface area contributed by atoms with Gasteiger partial charge in [0.05, 0.1) is 28.3 Å². The highest BCUT2D eigenvalue weighted by Crippen LogP contribution is 2.32. The number of hydrogen-bond acceptors (Lipinski definition) is 6. The molecular formula is C15H12N2O4S. The molecule has 22 heavy (non-hydrogen) atoms. The third-order valence-electron chi connectivity index (χ3n) is 3.05. The average Bonchev–Trinajstić information content (AvgIpc) is 2.95. The van der Waals surface area contributed by atoms with E-state index in [1.165, 1.54) is 36.6 Å². The molecule has 0 atom stereocenters. The van der Waals surface area contributed by atoms with E-state index in [0.717, 1.165) is 15.2 Å². The molecular weight excluding hydrogens is 304 g/mol. The highest BCUT2D eigenvalue weighted by molar-refractivity contribution is 7.18. The van der Waals surface area contributed by atoms with E-state index >= 15 is 0 Å². The van der Waals surface area contributed by atoms with E-state index in [4.69, 9.17) is 9.47 Å². The van der Waals surface area contributed by atoms with Crippen LogP contribution in [0, 0.1) is 10.1 Å². The summed E-state index contributed by atoms with van der Waals surface area (Å²) in [4.78, 5) is 14.8. The minimum Gasteiger partial charge on any atom is -0.493 e. The number of hydrogen-bond donors (Lipinski definition) is 0. The Morgan fingerprint density at radius 3 is 2.77 bits per heavy atom. The number of nitro groups is 1. The van der Waals surface area contributed by atoms with Crippen LogP contribution in [0.1, 0.15) is 5.01 Å². The Morgan fingerprint density at radius 1 is 1.23 bits per heavy atom. The van der Waals surface area contributed by atoms with Gasteiger partial charge in [-0.25, -0.2) is 4.98 Å². The molecule has 0 amide bonds. The third-order valence-corrected chi connectivity index (χ3v) is 4.06. The van der Waals surface area contributed by atoms with E-state index in [0.29, 0.717) is 11.5 Å². The van der Waals surface area contributed by atoms with Crippen LogP contribution in [0.5, 0.6) is 11.5 Å². The van der Waals surface area contributed by atoms with Crippen molar-refractivity contribution in [3.05, 3.63) is 57.6 Å². The number of methoxy groups -OCH3 is 1. The number of nitrogens with zero attached hydrogens (tertiary/aromatic N) is 2. The van der Waals surface area contributed by atoms with Crippen molar-refractivity contribution in [2.24, 2.45) is 0 Å². The number of aromatic nitrogens is 1. The number of para-hydroxylation sites is 1. The molecule has 0 aliphatic carbocycles. The normalized spacial score (nSPS) is 10.6. The summed E-state index contributed by atoms with van der Waals surface area (Å²) in [5.41, 5.74) is 0.872. The first kappa shape index (κ1) is 14.3. The van der Waals surface area contributed by atoms with E-state index in [1.807, 2.05) is 24.3 Å². The van der Waals surface area contributed by atoms with E-state index < -0.39 is 4.92 Å². The topological polar surface area (TPSA) is 74.5 Å². The third kappa shape index (κ3) is 2.84. The Labute approximate surface area is 130 Å². The van der Waals surface area contributed by atoms with Crippen molar-refractivity contribution in [1.29, 1.82) is 0 Å². The molecule has 2 aromatic carbocycles. The maximum Gasteiger partial charge on any atom is 0.273 e. The van der Waals surface area contributed by atoms with Crippen LogP contribution in [-0.4, -0.2) is 17.0 Å². The first-order valence-electron chi connectivity index (χ1n) is 6.47. The van der Waals surface area contributed by atoms with Crippen molar-refractivity contribution >= 4 is 27.2 Å². The van der Waals surface area contributed by atoms with Gasteiger partial charge in [0.25, 0.3) is 5.69 Å². The van der Waals surface area contributed by atoms with Gasteiger partial charge in [0.2, 0.25) is 0 Å². The first-order chi connectivity index (χ1) is 10.7. The van der Waals surface area contributed by atoms with Crippen molar-refractivity contribution in [1.82, 2.24) is 4.98 Å². The zero-order valence-electron chi connectivity index (χ0n) is 11.7. The second-order valence-electron chi connectivity index (χ2n) is 4.46. The van der Waals surface area contributed by atoms with Crippen LogP contribution in [-0.2, 0) is 6.61 Å². The van der Waals surface area contributed by atoms with Crippen LogP contribution in [0.4, 0.5) is 5.69 Å². The molecule has 0 saturated heterocycles. The maximum absolute atomic E-state index is 10.8. The van der Waals surface area contributed by atoms with Crippen molar-refractivity contribution in [3.8, 4) is 11.5 Å². The Bertz CT molecular complexity index is 798. The molecule has 0 N–H and O–H groups in total. The van der Waals surface area contributed by atoms with Crippen LogP contribution < -0.4 is 9.47 Å². The monoisotopic (exact) mass is 316 g/mol. The lowest BCUT2D eigenvalue weighted by Crippen LogP contribution is -1.98. The van der Waals surface area contributed by atoms with Gasteiger partial charge in [-0.1, -0.05) is 12.1 Å². The number of non-ortho nitro benzene ring substituents is 1. The van der Waals surface area contributed by atoms with E-state index in [-0.39, 0.29) is 12.3 Å². The van der Waals surface area contributed by atoms with Crippen LogP contribution in [0.15, 0.2) is 42.5 Å². The molecule has 0 radical (unpaired) electrons. The lowest BCUT2D eigenvalue weighted by atomic mass is 10.3. The molecule has 0 saturated carbocycles. The minimum absolute atomic E-state index is 0.0416. The summed E-state index contributed by atoms with van der Waals surface area (Å²) >= 11 is 1.53. The van der Waals surface area contributed by atoms with Crippen molar-refractivity contribution in [3.63, 3.8) is 0 Å². The van der Waals surface area contributed by atoms with Crippen LogP contribution in [0.2, 0.25) is 0 Å². The molecule has 0 bridgehead atoms. The van der Waals surface area contributed by atoms with Crippen LogP contribution >= 0.6 is 11.3 Å². The van der Waals surface area contributed by atoms with Gasteiger partial charge in [-0.3, -0.25) is 10.1 Å². The lowest BCUT2D eigenvalue weighted by Gasteiger charge is -2.08. The predicted octanol–water partition coefficient (Wildman–Crippen LogP) is 3.79. The summed E-state index contributed by atoms with van der Waals surface area (Å²) in [7, 11) is 1.49. The second-order valence-corrected chi connectivity index (χ2v) is 5.57. The molecule has 3 rings (SSSR count). The maximum atomic E-state index is 10.8. The van der Waals surface area contributed by atoms with Gasteiger partial charge in [-0.05, 0) is 18.2 Å². The van der Waals surface area contributed by atoms with Gasteiger partial charge in [0, 0.05) is 6.07 Å². The Kier molecular flexibility index (Phi) is 3.88. The van der Waals surface area contributed by atoms with Crippen LogP contribution in [0.3, 0.4) is 0 Å². The summed E-state index contributed by atoms with van der Waals surface area (Å²) in [5.74, 6) is 0.780. The SMILES string of the molecule is COc1ccc([N+](=O)[O-])cc1OCc1nc2ccccc2s1. The molecule has 0 fully saturated rings. The molecule has 0 aliphatic heterocycles. The van der Waals surface area contributed by atoms with Gasteiger partial charge in [-0.2, -0.15) is 0 Å². The second kappa shape index (κ2) is 5.98. The van der Waals surface area contributed by atoms with Crippen molar-refractivity contribution in [2.45, 2.75) is 6.61 Å². The number of rotatable bonds is 5. The number of benzene rings is 2.